The standard InChI is InChI=1S/C17H30O2/c1-2-7-14-10-12-17(13-11-14,16(18)19)15-8-5-3-4-6-9-15/h14-15H,2-13H2,1H3,(H,18,19). The van der Waals surface area contributed by atoms with Gasteiger partial charge in [-0.25, -0.2) is 0 Å². The first-order valence-corrected chi connectivity index (χ1v) is 8.42. The van der Waals surface area contributed by atoms with Crippen molar-refractivity contribution in [3.8, 4) is 0 Å². The summed E-state index contributed by atoms with van der Waals surface area (Å²) in [5, 5.41) is 9.85. The SMILES string of the molecule is CCCC1CCC(C(=O)O)(C2CCCCCC2)CC1. The smallest absolute Gasteiger partial charge is 0.309 e. The highest BCUT2D eigenvalue weighted by Gasteiger charge is 2.47. The fraction of sp³-hybridized carbons (Fsp3) is 0.941. The summed E-state index contributed by atoms with van der Waals surface area (Å²) in [6.45, 7) is 2.24. The van der Waals surface area contributed by atoms with E-state index in [1.165, 1.54) is 38.5 Å². The maximum atomic E-state index is 12.0. The third kappa shape index (κ3) is 3.32. The second-order valence-corrected chi connectivity index (χ2v) is 6.88. The Balaban J connectivity index is 2.04. The molecule has 2 fully saturated rings. The molecular weight excluding hydrogens is 236 g/mol. The summed E-state index contributed by atoms with van der Waals surface area (Å²) in [6.07, 6.45) is 14.2. The van der Waals surface area contributed by atoms with Crippen LogP contribution < -0.4 is 0 Å². The molecule has 0 aromatic heterocycles. The molecule has 2 aliphatic carbocycles. The van der Waals surface area contributed by atoms with Gasteiger partial charge >= 0.3 is 5.97 Å². The van der Waals surface area contributed by atoms with Crippen molar-refractivity contribution in [2.75, 3.05) is 0 Å². The van der Waals surface area contributed by atoms with E-state index in [1.54, 1.807) is 0 Å². The largest absolute Gasteiger partial charge is 0.481 e. The molecule has 0 spiro atoms. The molecule has 2 aliphatic rings. The Labute approximate surface area is 118 Å². The van der Waals surface area contributed by atoms with Crippen LogP contribution in [-0.2, 0) is 4.79 Å². The number of aliphatic carboxylic acids is 1. The van der Waals surface area contributed by atoms with E-state index < -0.39 is 5.97 Å². The molecule has 0 aromatic carbocycles. The van der Waals surface area contributed by atoms with Crippen LogP contribution in [0.15, 0.2) is 0 Å². The molecule has 2 saturated carbocycles. The number of rotatable bonds is 4. The van der Waals surface area contributed by atoms with E-state index in [-0.39, 0.29) is 5.41 Å². The molecule has 2 nitrogen and oxygen atoms in total. The number of carboxylic acids is 1. The Morgan fingerprint density at radius 3 is 2.11 bits per heavy atom. The maximum Gasteiger partial charge on any atom is 0.309 e. The van der Waals surface area contributed by atoms with E-state index in [4.69, 9.17) is 0 Å². The number of carbonyl (C=O) groups is 1. The van der Waals surface area contributed by atoms with Crippen LogP contribution in [0.1, 0.15) is 84.0 Å². The summed E-state index contributed by atoms with van der Waals surface area (Å²) in [6, 6.07) is 0. The van der Waals surface area contributed by atoms with Crippen LogP contribution >= 0.6 is 0 Å². The van der Waals surface area contributed by atoms with Crippen LogP contribution in [0.4, 0.5) is 0 Å². The zero-order valence-corrected chi connectivity index (χ0v) is 12.5. The van der Waals surface area contributed by atoms with E-state index in [1.807, 2.05) is 0 Å². The topological polar surface area (TPSA) is 37.3 Å². The Hall–Kier alpha value is -0.530. The lowest BCUT2D eigenvalue weighted by Crippen LogP contribution is -2.42. The minimum Gasteiger partial charge on any atom is -0.481 e. The molecule has 1 N–H and O–H groups in total. The van der Waals surface area contributed by atoms with Gasteiger partial charge in [0.2, 0.25) is 0 Å². The van der Waals surface area contributed by atoms with Crippen molar-refractivity contribution in [1.82, 2.24) is 0 Å². The van der Waals surface area contributed by atoms with Gasteiger partial charge in [-0.1, -0.05) is 45.4 Å². The van der Waals surface area contributed by atoms with Crippen LogP contribution in [0.25, 0.3) is 0 Å². The van der Waals surface area contributed by atoms with Gasteiger partial charge in [-0.2, -0.15) is 0 Å². The minimum absolute atomic E-state index is 0.366. The van der Waals surface area contributed by atoms with Crippen LogP contribution in [0.2, 0.25) is 0 Å². The summed E-state index contributed by atoms with van der Waals surface area (Å²) < 4.78 is 0. The first-order valence-electron chi connectivity index (χ1n) is 8.42. The molecular formula is C17H30O2. The van der Waals surface area contributed by atoms with Gasteiger partial charge < -0.3 is 5.11 Å². The average molecular weight is 266 g/mol. The van der Waals surface area contributed by atoms with Crippen molar-refractivity contribution in [3.05, 3.63) is 0 Å². The Kier molecular flexibility index (Phi) is 5.29. The molecule has 0 saturated heterocycles. The number of hydrogen-bond acceptors (Lipinski definition) is 1. The normalized spacial score (nSPS) is 33.8. The van der Waals surface area contributed by atoms with E-state index in [9.17, 15) is 9.90 Å². The zero-order valence-electron chi connectivity index (χ0n) is 12.5. The molecule has 0 amide bonds. The van der Waals surface area contributed by atoms with E-state index in [2.05, 4.69) is 6.92 Å². The molecule has 110 valence electrons. The van der Waals surface area contributed by atoms with Crippen molar-refractivity contribution in [2.24, 2.45) is 17.3 Å². The van der Waals surface area contributed by atoms with Crippen molar-refractivity contribution < 1.29 is 9.90 Å². The van der Waals surface area contributed by atoms with Gasteiger partial charge in [0.1, 0.15) is 0 Å². The first-order chi connectivity index (χ1) is 9.19. The maximum absolute atomic E-state index is 12.0. The predicted octanol–water partition coefficient (Wildman–Crippen LogP) is 5.02. The van der Waals surface area contributed by atoms with E-state index in [0.29, 0.717) is 5.92 Å². The highest BCUT2D eigenvalue weighted by molar-refractivity contribution is 5.75. The molecule has 0 radical (unpaired) electrons. The highest BCUT2D eigenvalue weighted by atomic mass is 16.4. The summed E-state index contributed by atoms with van der Waals surface area (Å²) in [5.41, 5.74) is -0.366. The van der Waals surface area contributed by atoms with Crippen LogP contribution in [0.3, 0.4) is 0 Å². The lowest BCUT2D eigenvalue weighted by molar-refractivity contribution is -0.156. The molecule has 0 bridgehead atoms. The van der Waals surface area contributed by atoms with Gasteiger partial charge in [0, 0.05) is 0 Å². The van der Waals surface area contributed by atoms with Crippen LogP contribution in [-0.4, -0.2) is 11.1 Å². The lowest BCUT2D eigenvalue weighted by Gasteiger charge is -2.42. The van der Waals surface area contributed by atoms with Crippen molar-refractivity contribution in [1.29, 1.82) is 0 Å². The third-order valence-corrected chi connectivity index (χ3v) is 5.76. The molecule has 0 unspecified atom stereocenters. The summed E-state index contributed by atoms with van der Waals surface area (Å²) >= 11 is 0. The fourth-order valence-electron chi connectivity index (χ4n) is 4.52. The summed E-state index contributed by atoms with van der Waals surface area (Å²) in [5.74, 6) is 0.757. The van der Waals surface area contributed by atoms with Crippen molar-refractivity contribution in [3.63, 3.8) is 0 Å². The van der Waals surface area contributed by atoms with Gasteiger partial charge in [-0.05, 0) is 50.4 Å². The summed E-state index contributed by atoms with van der Waals surface area (Å²) in [4.78, 5) is 12.0. The highest BCUT2D eigenvalue weighted by Crippen LogP contribution is 2.49. The molecule has 0 aliphatic heterocycles. The number of hydrogen-bond donors (Lipinski definition) is 1. The van der Waals surface area contributed by atoms with E-state index in [0.717, 1.165) is 44.4 Å². The van der Waals surface area contributed by atoms with Crippen LogP contribution in [0, 0.1) is 17.3 Å². The minimum atomic E-state index is -0.491. The van der Waals surface area contributed by atoms with Crippen molar-refractivity contribution in [2.45, 2.75) is 84.0 Å². The Bertz CT molecular complexity index is 282. The fourth-order valence-corrected chi connectivity index (χ4v) is 4.52. The third-order valence-electron chi connectivity index (χ3n) is 5.76. The first kappa shape index (κ1) is 14.9. The monoisotopic (exact) mass is 266 g/mol. The number of carboxylic acid groups (broad SMARTS) is 1. The van der Waals surface area contributed by atoms with E-state index >= 15 is 0 Å². The average Bonchev–Trinajstić information content (AvgIpc) is 2.69. The summed E-state index contributed by atoms with van der Waals surface area (Å²) in [7, 11) is 0. The molecule has 0 aromatic rings. The quantitative estimate of drug-likeness (QED) is 0.725. The second-order valence-electron chi connectivity index (χ2n) is 6.88. The van der Waals surface area contributed by atoms with Gasteiger partial charge in [0.15, 0.2) is 0 Å². The van der Waals surface area contributed by atoms with Gasteiger partial charge in [0.25, 0.3) is 0 Å². The Morgan fingerprint density at radius 1 is 1.05 bits per heavy atom. The zero-order chi connectivity index (χ0) is 13.7. The van der Waals surface area contributed by atoms with Gasteiger partial charge in [0.05, 0.1) is 5.41 Å². The molecule has 2 heteroatoms. The lowest BCUT2D eigenvalue weighted by atomic mass is 9.61. The molecule has 0 heterocycles. The van der Waals surface area contributed by atoms with Crippen LogP contribution in [0.5, 0.6) is 0 Å². The Morgan fingerprint density at radius 2 is 1.63 bits per heavy atom. The second kappa shape index (κ2) is 6.76. The van der Waals surface area contributed by atoms with Gasteiger partial charge in [-0.15, -0.1) is 0 Å². The molecule has 2 rings (SSSR count). The predicted molar refractivity (Wildman–Crippen MR) is 78.1 cm³/mol. The van der Waals surface area contributed by atoms with Gasteiger partial charge in [-0.3, -0.25) is 4.79 Å². The molecule has 19 heavy (non-hydrogen) atoms. The molecule has 0 atom stereocenters. The van der Waals surface area contributed by atoms with Crippen molar-refractivity contribution >= 4 is 5.97 Å².